The molecule has 1 saturated heterocycles. The van der Waals surface area contributed by atoms with Crippen molar-refractivity contribution in [3.05, 3.63) is 28.5 Å². The molecule has 1 aliphatic heterocycles. The van der Waals surface area contributed by atoms with Gasteiger partial charge in [-0.25, -0.2) is 0 Å². The molecule has 1 aromatic heterocycles. The lowest BCUT2D eigenvalue weighted by atomic mass is 9.98. The van der Waals surface area contributed by atoms with Crippen LogP contribution in [0.4, 0.5) is 0 Å². The van der Waals surface area contributed by atoms with Crippen LogP contribution in [-0.2, 0) is 16.0 Å². The second kappa shape index (κ2) is 6.35. The van der Waals surface area contributed by atoms with Gasteiger partial charge < -0.3 is 10.6 Å². The van der Waals surface area contributed by atoms with Gasteiger partial charge in [0.25, 0.3) is 0 Å². The molecule has 2 rings (SSSR count). The Labute approximate surface area is 126 Å². The topological polar surface area (TPSA) is 71.1 Å². The van der Waals surface area contributed by atoms with Crippen LogP contribution in [-0.4, -0.2) is 28.9 Å². The molecule has 0 radical (unpaired) electrons. The van der Waals surface area contributed by atoms with E-state index in [2.05, 4.69) is 31.5 Å². The molecule has 1 aromatic rings. The zero-order valence-electron chi connectivity index (χ0n) is 11.5. The summed E-state index contributed by atoms with van der Waals surface area (Å²) in [5, 5.41) is 5.59. The van der Waals surface area contributed by atoms with Crippen LogP contribution < -0.4 is 10.6 Å². The second-order valence-corrected chi connectivity index (χ2v) is 6.38. The van der Waals surface area contributed by atoms with E-state index in [-0.39, 0.29) is 11.8 Å². The number of carbonyl (C=O) groups excluding carboxylic acids is 2. The van der Waals surface area contributed by atoms with Crippen molar-refractivity contribution in [3.8, 4) is 0 Å². The van der Waals surface area contributed by atoms with Gasteiger partial charge in [0, 0.05) is 23.3 Å². The Balaban J connectivity index is 2.01. The van der Waals surface area contributed by atoms with Gasteiger partial charge in [0.1, 0.15) is 12.1 Å². The molecule has 0 aliphatic carbocycles. The molecular formula is C14H18BrN3O2. The van der Waals surface area contributed by atoms with Crippen LogP contribution in [0.5, 0.6) is 0 Å². The predicted octanol–water partition coefficient (Wildman–Crippen LogP) is 1.42. The summed E-state index contributed by atoms with van der Waals surface area (Å²) < 4.78 is 0.857. The lowest BCUT2D eigenvalue weighted by Crippen LogP contribution is -2.62. The first kappa shape index (κ1) is 15.0. The summed E-state index contributed by atoms with van der Waals surface area (Å²) >= 11 is 3.34. The van der Waals surface area contributed by atoms with E-state index in [0.717, 1.165) is 10.0 Å². The standard InChI is InChI=1S/C14H18BrN3O2/c1-8(2)3-11-13(19)18-12(14(20)17-11)5-9-4-10(15)7-16-6-9/h4,6-8,11-12H,3,5H2,1-2H3,(H,17,20)(H,18,19)/t11-,12?/m0/s1. The number of aromatic nitrogens is 1. The van der Waals surface area contributed by atoms with E-state index in [0.29, 0.717) is 18.8 Å². The lowest BCUT2D eigenvalue weighted by molar-refractivity contribution is -0.137. The zero-order chi connectivity index (χ0) is 14.7. The summed E-state index contributed by atoms with van der Waals surface area (Å²) in [5.41, 5.74) is 0.905. The highest BCUT2D eigenvalue weighted by Gasteiger charge is 2.33. The minimum Gasteiger partial charge on any atom is -0.343 e. The molecule has 2 amide bonds. The SMILES string of the molecule is CC(C)C[C@@H]1NC(=O)C(Cc2cncc(Br)c2)NC1=O. The Bertz CT molecular complexity index is 519. The molecule has 1 fully saturated rings. The summed E-state index contributed by atoms with van der Waals surface area (Å²) in [6, 6.07) is 0.952. The van der Waals surface area contributed by atoms with Crippen molar-refractivity contribution in [1.29, 1.82) is 0 Å². The number of piperazine rings is 1. The van der Waals surface area contributed by atoms with Crippen molar-refractivity contribution < 1.29 is 9.59 Å². The van der Waals surface area contributed by atoms with E-state index >= 15 is 0 Å². The van der Waals surface area contributed by atoms with Crippen LogP contribution >= 0.6 is 15.9 Å². The third-order valence-corrected chi connectivity index (χ3v) is 3.61. The number of pyridine rings is 1. The minimum atomic E-state index is -0.526. The molecule has 0 saturated carbocycles. The van der Waals surface area contributed by atoms with Crippen molar-refractivity contribution >= 4 is 27.7 Å². The molecule has 108 valence electrons. The first-order valence-corrected chi connectivity index (χ1v) is 7.45. The number of nitrogens with zero attached hydrogens (tertiary/aromatic N) is 1. The maximum Gasteiger partial charge on any atom is 0.243 e. The molecule has 20 heavy (non-hydrogen) atoms. The van der Waals surface area contributed by atoms with Crippen LogP contribution in [0.25, 0.3) is 0 Å². The largest absolute Gasteiger partial charge is 0.343 e. The van der Waals surface area contributed by atoms with E-state index < -0.39 is 12.1 Å². The fraction of sp³-hybridized carbons (Fsp3) is 0.500. The Morgan fingerprint density at radius 3 is 2.50 bits per heavy atom. The molecule has 1 aliphatic rings. The molecule has 0 aromatic carbocycles. The first-order valence-electron chi connectivity index (χ1n) is 6.66. The van der Waals surface area contributed by atoms with Crippen LogP contribution in [0.2, 0.25) is 0 Å². The molecule has 0 spiro atoms. The van der Waals surface area contributed by atoms with Crippen molar-refractivity contribution in [2.45, 2.75) is 38.8 Å². The van der Waals surface area contributed by atoms with E-state index in [9.17, 15) is 9.59 Å². The minimum absolute atomic E-state index is 0.105. The third-order valence-electron chi connectivity index (χ3n) is 3.17. The predicted molar refractivity (Wildman–Crippen MR) is 79.0 cm³/mol. The van der Waals surface area contributed by atoms with Crippen LogP contribution in [0.1, 0.15) is 25.8 Å². The average Bonchev–Trinajstić information content (AvgIpc) is 2.35. The Kier molecular flexibility index (Phi) is 4.75. The molecular weight excluding hydrogens is 322 g/mol. The van der Waals surface area contributed by atoms with Crippen molar-refractivity contribution in [2.75, 3.05) is 0 Å². The van der Waals surface area contributed by atoms with Gasteiger partial charge in [0.2, 0.25) is 11.8 Å². The second-order valence-electron chi connectivity index (χ2n) is 5.47. The van der Waals surface area contributed by atoms with Gasteiger partial charge in [-0.1, -0.05) is 13.8 Å². The van der Waals surface area contributed by atoms with Crippen LogP contribution in [0.3, 0.4) is 0 Å². The molecule has 6 heteroatoms. The number of nitrogens with one attached hydrogen (secondary N) is 2. The van der Waals surface area contributed by atoms with Gasteiger partial charge in [-0.3, -0.25) is 14.6 Å². The normalized spacial score (nSPS) is 22.6. The van der Waals surface area contributed by atoms with Crippen LogP contribution in [0, 0.1) is 5.92 Å². The van der Waals surface area contributed by atoms with Gasteiger partial charge in [-0.05, 0) is 39.9 Å². The highest BCUT2D eigenvalue weighted by Crippen LogP contribution is 2.14. The molecule has 2 heterocycles. The number of hydrogen-bond donors (Lipinski definition) is 2. The van der Waals surface area contributed by atoms with Crippen molar-refractivity contribution in [1.82, 2.24) is 15.6 Å². The Morgan fingerprint density at radius 2 is 1.85 bits per heavy atom. The molecule has 2 N–H and O–H groups in total. The number of halogens is 1. The van der Waals surface area contributed by atoms with Gasteiger partial charge >= 0.3 is 0 Å². The van der Waals surface area contributed by atoms with Crippen molar-refractivity contribution in [3.63, 3.8) is 0 Å². The number of carbonyl (C=O) groups is 2. The summed E-state index contributed by atoms with van der Waals surface area (Å²) in [6.45, 7) is 4.05. The molecule has 0 bridgehead atoms. The van der Waals surface area contributed by atoms with Crippen LogP contribution in [0.15, 0.2) is 22.9 Å². The summed E-state index contributed by atoms with van der Waals surface area (Å²) in [6.07, 6.45) is 4.48. The fourth-order valence-corrected chi connectivity index (χ4v) is 2.67. The molecule has 1 unspecified atom stereocenters. The van der Waals surface area contributed by atoms with E-state index in [4.69, 9.17) is 0 Å². The summed E-state index contributed by atoms with van der Waals surface area (Å²) in [5.74, 6) is 0.123. The van der Waals surface area contributed by atoms with E-state index in [1.165, 1.54) is 0 Å². The number of rotatable bonds is 4. The summed E-state index contributed by atoms with van der Waals surface area (Å²) in [7, 11) is 0. The van der Waals surface area contributed by atoms with Crippen molar-refractivity contribution in [2.24, 2.45) is 5.92 Å². The van der Waals surface area contributed by atoms with Gasteiger partial charge in [-0.2, -0.15) is 0 Å². The number of amides is 2. The number of hydrogen-bond acceptors (Lipinski definition) is 3. The maximum absolute atomic E-state index is 12.1. The Hall–Kier alpha value is -1.43. The highest BCUT2D eigenvalue weighted by atomic mass is 79.9. The highest BCUT2D eigenvalue weighted by molar-refractivity contribution is 9.10. The molecule has 2 atom stereocenters. The first-order chi connectivity index (χ1) is 9.45. The maximum atomic E-state index is 12.1. The smallest absolute Gasteiger partial charge is 0.243 e. The zero-order valence-corrected chi connectivity index (χ0v) is 13.1. The van der Waals surface area contributed by atoms with E-state index in [1.54, 1.807) is 12.4 Å². The quantitative estimate of drug-likeness (QED) is 0.871. The third kappa shape index (κ3) is 3.79. The van der Waals surface area contributed by atoms with Gasteiger partial charge in [0.15, 0.2) is 0 Å². The lowest BCUT2D eigenvalue weighted by Gasteiger charge is -2.30. The van der Waals surface area contributed by atoms with Gasteiger partial charge in [0.05, 0.1) is 0 Å². The van der Waals surface area contributed by atoms with E-state index in [1.807, 2.05) is 19.9 Å². The average molecular weight is 340 g/mol. The molecule has 5 nitrogen and oxygen atoms in total. The monoisotopic (exact) mass is 339 g/mol. The van der Waals surface area contributed by atoms with Gasteiger partial charge in [-0.15, -0.1) is 0 Å². The Morgan fingerprint density at radius 1 is 1.20 bits per heavy atom. The summed E-state index contributed by atoms with van der Waals surface area (Å²) in [4.78, 5) is 28.1. The fourth-order valence-electron chi connectivity index (χ4n) is 2.26.